The van der Waals surface area contributed by atoms with Gasteiger partial charge in [0.2, 0.25) is 0 Å². The number of nitrogens with zero attached hydrogens (tertiary/aromatic N) is 1. The van der Waals surface area contributed by atoms with E-state index in [1.54, 1.807) is 11.5 Å². The Kier molecular flexibility index (Phi) is 3.50. The minimum atomic E-state index is 0.622. The van der Waals surface area contributed by atoms with Crippen LogP contribution in [0, 0.1) is 5.92 Å². The second-order valence-electron chi connectivity index (χ2n) is 5.39. The van der Waals surface area contributed by atoms with E-state index in [0.717, 1.165) is 11.4 Å². The van der Waals surface area contributed by atoms with Crippen LogP contribution in [0.5, 0.6) is 0 Å². The van der Waals surface area contributed by atoms with Gasteiger partial charge in [-0.3, -0.25) is 0 Å². The van der Waals surface area contributed by atoms with Crippen molar-refractivity contribution in [1.29, 1.82) is 0 Å². The molecule has 1 aromatic carbocycles. The molecular formula is C15H20N2S. The maximum Gasteiger partial charge on any atom is 0.117 e. The van der Waals surface area contributed by atoms with E-state index in [0.29, 0.717) is 6.04 Å². The quantitative estimate of drug-likeness (QED) is 0.793. The summed E-state index contributed by atoms with van der Waals surface area (Å²) in [5, 5.41) is 6.28. The van der Waals surface area contributed by atoms with E-state index >= 15 is 0 Å². The number of fused-ring (bicyclic) bond motifs is 1. The molecule has 2 aromatic rings. The molecule has 0 amide bonds. The normalized spacial score (nSPS) is 24.9. The first-order chi connectivity index (χ1) is 8.84. The topological polar surface area (TPSA) is 24.9 Å². The lowest BCUT2D eigenvalue weighted by atomic mass is 9.97. The number of aromatic nitrogens is 1. The molecule has 18 heavy (non-hydrogen) atoms. The van der Waals surface area contributed by atoms with Crippen molar-refractivity contribution in [3.05, 3.63) is 24.3 Å². The van der Waals surface area contributed by atoms with E-state index in [9.17, 15) is 0 Å². The minimum absolute atomic E-state index is 0.622. The summed E-state index contributed by atoms with van der Waals surface area (Å²) in [4.78, 5) is 0. The molecule has 0 radical (unpaired) electrons. The van der Waals surface area contributed by atoms with Gasteiger partial charge in [-0.25, -0.2) is 0 Å². The molecule has 0 aliphatic heterocycles. The Hall–Kier alpha value is -1.09. The van der Waals surface area contributed by atoms with E-state index < -0.39 is 0 Å². The fraction of sp³-hybridized carbons (Fsp3) is 0.533. The monoisotopic (exact) mass is 260 g/mol. The molecule has 0 spiro atoms. The molecule has 3 rings (SSSR count). The van der Waals surface area contributed by atoms with Gasteiger partial charge in [0.1, 0.15) is 5.00 Å². The first-order valence-corrected chi connectivity index (χ1v) is 7.73. The zero-order valence-corrected chi connectivity index (χ0v) is 11.7. The molecule has 0 bridgehead atoms. The molecule has 96 valence electrons. The molecule has 2 nitrogen and oxygen atoms in total. The highest BCUT2D eigenvalue weighted by Crippen LogP contribution is 2.32. The molecule has 1 aliphatic carbocycles. The van der Waals surface area contributed by atoms with E-state index in [2.05, 4.69) is 40.9 Å². The van der Waals surface area contributed by atoms with Gasteiger partial charge in [-0.2, -0.15) is 4.37 Å². The molecule has 2 unspecified atom stereocenters. The summed E-state index contributed by atoms with van der Waals surface area (Å²) >= 11 is 1.60. The Morgan fingerprint density at radius 2 is 2.00 bits per heavy atom. The van der Waals surface area contributed by atoms with Crippen LogP contribution in [-0.4, -0.2) is 10.4 Å². The van der Waals surface area contributed by atoms with E-state index in [4.69, 9.17) is 0 Å². The number of nitrogens with one attached hydrogen (secondary N) is 1. The van der Waals surface area contributed by atoms with Crippen molar-refractivity contribution >= 4 is 27.4 Å². The van der Waals surface area contributed by atoms with Crippen molar-refractivity contribution in [1.82, 2.24) is 4.37 Å². The van der Waals surface area contributed by atoms with Gasteiger partial charge < -0.3 is 5.32 Å². The van der Waals surface area contributed by atoms with Gasteiger partial charge in [-0.1, -0.05) is 38.3 Å². The van der Waals surface area contributed by atoms with Gasteiger partial charge in [0.15, 0.2) is 0 Å². The van der Waals surface area contributed by atoms with E-state index in [1.807, 2.05) is 0 Å². The van der Waals surface area contributed by atoms with Crippen LogP contribution < -0.4 is 5.32 Å². The van der Waals surface area contributed by atoms with Gasteiger partial charge in [-0.05, 0) is 42.4 Å². The largest absolute Gasteiger partial charge is 0.372 e. The van der Waals surface area contributed by atoms with Crippen LogP contribution in [-0.2, 0) is 0 Å². The van der Waals surface area contributed by atoms with Crippen molar-refractivity contribution in [2.24, 2.45) is 5.92 Å². The van der Waals surface area contributed by atoms with Crippen LogP contribution in [0.25, 0.3) is 10.9 Å². The molecule has 3 heteroatoms. The predicted octanol–water partition coefficient (Wildman–Crippen LogP) is 4.68. The smallest absolute Gasteiger partial charge is 0.117 e. The Bertz CT molecular complexity index is 520. The SMILES string of the molecule is CC1CCCCCC1Nc1snc2ccccc12. The first-order valence-electron chi connectivity index (χ1n) is 6.95. The van der Waals surface area contributed by atoms with Crippen LogP contribution in [0.2, 0.25) is 0 Å². The average Bonchev–Trinajstić information content (AvgIpc) is 2.69. The van der Waals surface area contributed by atoms with Crippen LogP contribution in [0.15, 0.2) is 24.3 Å². The van der Waals surface area contributed by atoms with Gasteiger partial charge in [-0.15, -0.1) is 0 Å². The highest BCUT2D eigenvalue weighted by Gasteiger charge is 2.20. The molecule has 1 saturated carbocycles. The summed E-state index contributed by atoms with van der Waals surface area (Å²) in [5.41, 5.74) is 1.12. The summed E-state index contributed by atoms with van der Waals surface area (Å²) in [6, 6.07) is 9.03. The second kappa shape index (κ2) is 5.27. The van der Waals surface area contributed by atoms with Gasteiger partial charge in [0.25, 0.3) is 0 Å². The molecule has 1 heterocycles. The highest BCUT2D eigenvalue weighted by molar-refractivity contribution is 7.11. The Morgan fingerprint density at radius 1 is 1.17 bits per heavy atom. The zero-order valence-electron chi connectivity index (χ0n) is 10.9. The number of hydrogen-bond donors (Lipinski definition) is 1. The highest BCUT2D eigenvalue weighted by atomic mass is 32.1. The van der Waals surface area contributed by atoms with Crippen molar-refractivity contribution in [2.45, 2.75) is 45.1 Å². The second-order valence-corrected chi connectivity index (χ2v) is 6.17. The summed E-state index contributed by atoms with van der Waals surface area (Å²) in [6.07, 6.45) is 6.80. The van der Waals surface area contributed by atoms with Crippen molar-refractivity contribution in [2.75, 3.05) is 5.32 Å². The summed E-state index contributed by atoms with van der Waals surface area (Å²) < 4.78 is 4.51. The van der Waals surface area contributed by atoms with Crippen molar-refractivity contribution < 1.29 is 0 Å². The molecule has 1 aromatic heterocycles. The van der Waals surface area contributed by atoms with Gasteiger partial charge >= 0.3 is 0 Å². The van der Waals surface area contributed by atoms with Gasteiger partial charge in [0, 0.05) is 11.4 Å². The number of rotatable bonds is 2. The first kappa shape index (κ1) is 12.0. The molecule has 1 aliphatic rings. The number of anilines is 1. The Labute approximate surface area is 113 Å². The predicted molar refractivity (Wildman–Crippen MR) is 79.3 cm³/mol. The van der Waals surface area contributed by atoms with Gasteiger partial charge in [0.05, 0.1) is 5.52 Å². The Balaban J connectivity index is 1.82. The van der Waals surface area contributed by atoms with Crippen LogP contribution >= 0.6 is 11.5 Å². The molecule has 1 N–H and O–H groups in total. The third-order valence-corrected chi connectivity index (χ3v) is 4.87. The lowest BCUT2D eigenvalue weighted by Crippen LogP contribution is -2.25. The fourth-order valence-corrected chi connectivity index (χ4v) is 3.69. The molecule has 0 saturated heterocycles. The number of benzene rings is 1. The summed E-state index contributed by atoms with van der Waals surface area (Å²) in [6.45, 7) is 2.38. The average molecular weight is 260 g/mol. The molecule has 1 fully saturated rings. The van der Waals surface area contributed by atoms with E-state index in [-0.39, 0.29) is 0 Å². The Morgan fingerprint density at radius 3 is 2.94 bits per heavy atom. The lowest BCUT2D eigenvalue weighted by Gasteiger charge is -2.23. The van der Waals surface area contributed by atoms with Crippen molar-refractivity contribution in [3.63, 3.8) is 0 Å². The third kappa shape index (κ3) is 2.37. The van der Waals surface area contributed by atoms with E-state index in [1.165, 1.54) is 42.5 Å². The number of hydrogen-bond acceptors (Lipinski definition) is 3. The summed E-state index contributed by atoms with van der Waals surface area (Å²) in [7, 11) is 0. The van der Waals surface area contributed by atoms with Crippen molar-refractivity contribution in [3.8, 4) is 0 Å². The molecule has 2 atom stereocenters. The maximum atomic E-state index is 4.51. The minimum Gasteiger partial charge on any atom is -0.372 e. The standard InChI is InChI=1S/C15H20N2S/c1-11-7-3-2-4-9-13(11)16-15-12-8-5-6-10-14(12)17-18-15/h5-6,8,10-11,13,16H,2-4,7,9H2,1H3. The van der Waals surface area contributed by atoms with Crippen LogP contribution in [0.4, 0.5) is 5.00 Å². The zero-order chi connectivity index (χ0) is 12.4. The maximum absolute atomic E-state index is 4.51. The van der Waals surface area contributed by atoms with Crippen LogP contribution in [0.1, 0.15) is 39.0 Å². The molecular weight excluding hydrogens is 240 g/mol. The fourth-order valence-electron chi connectivity index (χ4n) is 2.87. The summed E-state index contributed by atoms with van der Waals surface area (Å²) in [5.74, 6) is 0.772. The van der Waals surface area contributed by atoms with Crippen LogP contribution in [0.3, 0.4) is 0 Å². The lowest BCUT2D eigenvalue weighted by molar-refractivity contribution is 0.457. The third-order valence-electron chi connectivity index (χ3n) is 4.06.